The first-order valence-corrected chi connectivity index (χ1v) is 6.10. The van der Waals surface area contributed by atoms with Crippen molar-refractivity contribution >= 4 is 0 Å². The first-order valence-electron chi connectivity index (χ1n) is 6.10. The summed E-state index contributed by atoms with van der Waals surface area (Å²) in [6.45, 7) is 5.24. The highest BCUT2D eigenvalue weighted by atomic mass is 16.5. The van der Waals surface area contributed by atoms with Crippen molar-refractivity contribution in [3.8, 4) is 11.5 Å². The maximum Gasteiger partial charge on any atom is 0.122 e. The van der Waals surface area contributed by atoms with Gasteiger partial charge in [-0.3, -0.25) is 0 Å². The standard InChI is InChI=1S/C14H22O2/c1-12(2)7-4-3-5-10-16-14-9-6-8-13(15)11-14/h6,8-9,11-12,15H,3-5,7,10H2,1-2H3. The lowest BCUT2D eigenvalue weighted by molar-refractivity contribution is 0.301. The molecule has 0 aliphatic rings. The molecular weight excluding hydrogens is 200 g/mol. The molecule has 0 saturated heterocycles. The van der Waals surface area contributed by atoms with Crippen LogP contribution in [0, 0.1) is 5.92 Å². The summed E-state index contributed by atoms with van der Waals surface area (Å²) < 4.78 is 5.53. The van der Waals surface area contributed by atoms with E-state index in [9.17, 15) is 5.11 Å². The van der Waals surface area contributed by atoms with Crippen molar-refractivity contribution in [1.82, 2.24) is 0 Å². The summed E-state index contributed by atoms with van der Waals surface area (Å²) in [5, 5.41) is 9.23. The predicted octanol–water partition coefficient (Wildman–Crippen LogP) is 3.99. The molecule has 0 unspecified atom stereocenters. The Morgan fingerprint density at radius 2 is 2.00 bits per heavy atom. The van der Waals surface area contributed by atoms with Gasteiger partial charge in [-0.25, -0.2) is 0 Å². The molecule has 2 heteroatoms. The summed E-state index contributed by atoms with van der Waals surface area (Å²) in [5.41, 5.74) is 0. The van der Waals surface area contributed by atoms with Crippen molar-refractivity contribution in [3.05, 3.63) is 24.3 Å². The van der Waals surface area contributed by atoms with E-state index < -0.39 is 0 Å². The maximum atomic E-state index is 9.23. The molecule has 1 N–H and O–H groups in total. The van der Waals surface area contributed by atoms with Crippen molar-refractivity contribution in [1.29, 1.82) is 0 Å². The zero-order chi connectivity index (χ0) is 11.8. The Bertz CT molecular complexity index is 295. The molecule has 16 heavy (non-hydrogen) atoms. The monoisotopic (exact) mass is 222 g/mol. The molecule has 0 aliphatic carbocycles. The van der Waals surface area contributed by atoms with Crippen LogP contribution in [0.15, 0.2) is 24.3 Å². The van der Waals surface area contributed by atoms with Crippen LogP contribution in [0.3, 0.4) is 0 Å². The van der Waals surface area contributed by atoms with Gasteiger partial charge in [0.1, 0.15) is 11.5 Å². The fraction of sp³-hybridized carbons (Fsp3) is 0.571. The second-order valence-electron chi connectivity index (χ2n) is 4.59. The van der Waals surface area contributed by atoms with Gasteiger partial charge in [0.2, 0.25) is 0 Å². The highest BCUT2D eigenvalue weighted by Crippen LogP contribution is 2.18. The molecule has 0 spiro atoms. The van der Waals surface area contributed by atoms with Crippen LogP contribution < -0.4 is 4.74 Å². The molecule has 0 bridgehead atoms. The molecule has 0 atom stereocenters. The Morgan fingerprint density at radius 1 is 1.19 bits per heavy atom. The minimum atomic E-state index is 0.261. The SMILES string of the molecule is CC(C)CCCCCOc1cccc(O)c1. The number of hydrogen-bond donors (Lipinski definition) is 1. The van der Waals surface area contributed by atoms with Crippen LogP contribution in [0.2, 0.25) is 0 Å². The smallest absolute Gasteiger partial charge is 0.122 e. The number of ether oxygens (including phenoxy) is 1. The maximum absolute atomic E-state index is 9.23. The molecule has 0 radical (unpaired) electrons. The van der Waals surface area contributed by atoms with E-state index in [2.05, 4.69) is 13.8 Å². The molecule has 90 valence electrons. The Kier molecular flexibility index (Phi) is 5.76. The van der Waals surface area contributed by atoms with E-state index in [0.717, 1.165) is 24.7 Å². The largest absolute Gasteiger partial charge is 0.508 e. The van der Waals surface area contributed by atoms with Gasteiger partial charge < -0.3 is 9.84 Å². The van der Waals surface area contributed by atoms with Gasteiger partial charge in [0.05, 0.1) is 6.61 Å². The van der Waals surface area contributed by atoms with Gasteiger partial charge in [-0.15, -0.1) is 0 Å². The van der Waals surface area contributed by atoms with Crippen molar-refractivity contribution < 1.29 is 9.84 Å². The summed E-state index contributed by atoms with van der Waals surface area (Å²) >= 11 is 0. The molecule has 1 rings (SSSR count). The summed E-state index contributed by atoms with van der Waals surface area (Å²) in [5.74, 6) is 1.81. The van der Waals surface area contributed by atoms with Crippen LogP contribution in [0.25, 0.3) is 0 Å². The van der Waals surface area contributed by atoms with Crippen molar-refractivity contribution in [2.75, 3.05) is 6.61 Å². The van der Waals surface area contributed by atoms with Crippen LogP contribution in [-0.2, 0) is 0 Å². The fourth-order valence-corrected chi connectivity index (χ4v) is 1.59. The van der Waals surface area contributed by atoms with Gasteiger partial charge in [0.15, 0.2) is 0 Å². The second kappa shape index (κ2) is 7.15. The van der Waals surface area contributed by atoms with Gasteiger partial charge in [0.25, 0.3) is 0 Å². The van der Waals surface area contributed by atoms with Gasteiger partial charge in [-0.1, -0.05) is 39.2 Å². The molecule has 0 saturated carbocycles. The fourth-order valence-electron chi connectivity index (χ4n) is 1.59. The van der Waals surface area contributed by atoms with Crippen LogP contribution in [0.4, 0.5) is 0 Å². The van der Waals surface area contributed by atoms with Gasteiger partial charge >= 0.3 is 0 Å². The average molecular weight is 222 g/mol. The highest BCUT2D eigenvalue weighted by Gasteiger charge is 1.96. The molecule has 0 amide bonds. The molecule has 1 aromatic rings. The lowest BCUT2D eigenvalue weighted by Crippen LogP contribution is -1.97. The predicted molar refractivity (Wildman–Crippen MR) is 66.9 cm³/mol. The molecule has 2 nitrogen and oxygen atoms in total. The van der Waals surface area contributed by atoms with Crippen LogP contribution in [-0.4, -0.2) is 11.7 Å². The number of phenolic OH excluding ortho intramolecular Hbond substituents is 1. The summed E-state index contributed by atoms with van der Waals surface area (Å²) in [4.78, 5) is 0. The Balaban J connectivity index is 2.07. The zero-order valence-electron chi connectivity index (χ0n) is 10.3. The summed E-state index contributed by atoms with van der Waals surface area (Å²) in [6, 6.07) is 6.96. The molecule has 0 aliphatic heterocycles. The van der Waals surface area contributed by atoms with Crippen molar-refractivity contribution in [2.45, 2.75) is 39.5 Å². The highest BCUT2D eigenvalue weighted by molar-refractivity contribution is 5.31. The Morgan fingerprint density at radius 3 is 2.69 bits per heavy atom. The van der Waals surface area contributed by atoms with Crippen molar-refractivity contribution in [3.63, 3.8) is 0 Å². The third kappa shape index (κ3) is 5.64. The lowest BCUT2D eigenvalue weighted by atomic mass is 10.1. The number of aromatic hydroxyl groups is 1. The van der Waals surface area contributed by atoms with E-state index in [1.54, 1.807) is 18.2 Å². The van der Waals surface area contributed by atoms with Gasteiger partial charge in [-0.05, 0) is 24.5 Å². The average Bonchev–Trinajstić information content (AvgIpc) is 2.23. The third-order valence-electron chi connectivity index (χ3n) is 2.51. The second-order valence-corrected chi connectivity index (χ2v) is 4.59. The number of unbranched alkanes of at least 4 members (excludes halogenated alkanes) is 2. The Labute approximate surface area is 98.3 Å². The first-order chi connectivity index (χ1) is 7.68. The van der Waals surface area contributed by atoms with Crippen LogP contribution >= 0.6 is 0 Å². The lowest BCUT2D eigenvalue weighted by Gasteiger charge is -2.07. The van der Waals surface area contributed by atoms with E-state index in [1.165, 1.54) is 19.3 Å². The number of hydrogen-bond acceptors (Lipinski definition) is 2. The third-order valence-corrected chi connectivity index (χ3v) is 2.51. The summed E-state index contributed by atoms with van der Waals surface area (Å²) in [6.07, 6.45) is 4.88. The van der Waals surface area contributed by atoms with E-state index >= 15 is 0 Å². The summed E-state index contributed by atoms with van der Waals surface area (Å²) in [7, 11) is 0. The van der Waals surface area contributed by atoms with E-state index in [1.807, 2.05) is 6.07 Å². The van der Waals surface area contributed by atoms with E-state index in [0.29, 0.717) is 0 Å². The molecular formula is C14H22O2. The topological polar surface area (TPSA) is 29.5 Å². The normalized spacial score (nSPS) is 10.7. The minimum absolute atomic E-state index is 0.261. The van der Waals surface area contributed by atoms with E-state index in [-0.39, 0.29) is 5.75 Å². The number of rotatable bonds is 7. The number of benzene rings is 1. The van der Waals surface area contributed by atoms with Crippen LogP contribution in [0.5, 0.6) is 11.5 Å². The molecule has 0 heterocycles. The van der Waals surface area contributed by atoms with Crippen molar-refractivity contribution in [2.24, 2.45) is 5.92 Å². The van der Waals surface area contributed by atoms with Crippen LogP contribution in [0.1, 0.15) is 39.5 Å². The quantitative estimate of drug-likeness (QED) is 0.707. The Hall–Kier alpha value is -1.18. The molecule has 1 aromatic carbocycles. The molecule has 0 fully saturated rings. The van der Waals surface area contributed by atoms with Gasteiger partial charge in [0, 0.05) is 6.07 Å². The van der Waals surface area contributed by atoms with E-state index in [4.69, 9.17) is 4.74 Å². The first kappa shape index (κ1) is 12.9. The minimum Gasteiger partial charge on any atom is -0.508 e. The molecule has 0 aromatic heterocycles. The zero-order valence-corrected chi connectivity index (χ0v) is 10.3. The van der Waals surface area contributed by atoms with Gasteiger partial charge in [-0.2, -0.15) is 0 Å². The number of phenols is 1.